The number of nitrogens with zero attached hydrogens (tertiary/aromatic N) is 2. The summed E-state index contributed by atoms with van der Waals surface area (Å²) in [6.45, 7) is 9.58. The van der Waals surface area contributed by atoms with Crippen LogP contribution < -0.4 is 10.2 Å². The minimum absolute atomic E-state index is 1.28. The summed E-state index contributed by atoms with van der Waals surface area (Å²) < 4.78 is 0. The first kappa shape index (κ1) is 16.3. The van der Waals surface area contributed by atoms with Gasteiger partial charge in [0, 0.05) is 28.2 Å². The fraction of sp³-hybridized carbons (Fsp3) is 1.00. The second-order valence-corrected chi connectivity index (χ2v) is 15.3. The van der Waals surface area contributed by atoms with Gasteiger partial charge >= 0.3 is 0 Å². The van der Waals surface area contributed by atoms with E-state index in [1.54, 1.807) is 0 Å². The van der Waals surface area contributed by atoms with Crippen molar-refractivity contribution >= 4 is 16.5 Å². The summed E-state index contributed by atoms with van der Waals surface area (Å²) in [4.78, 5) is 0. The average molecular weight is 263 g/mol. The molecule has 0 atom stereocenters. The Bertz CT molecular complexity index is 183. The van der Waals surface area contributed by atoms with Gasteiger partial charge in [-0.2, -0.15) is 0 Å². The molecule has 0 aliphatic heterocycles. The van der Waals surface area contributed by atoms with E-state index in [4.69, 9.17) is 0 Å². The van der Waals surface area contributed by atoms with Gasteiger partial charge in [0.05, 0.1) is 0 Å². The van der Waals surface area contributed by atoms with Gasteiger partial charge < -0.3 is 0 Å². The van der Waals surface area contributed by atoms with Crippen LogP contribution in [0.2, 0.25) is 38.3 Å². The van der Waals surface area contributed by atoms with Crippen molar-refractivity contribution < 1.29 is 0 Å². The molecule has 98 valence electrons. The highest BCUT2D eigenvalue weighted by Crippen LogP contribution is 2.16. The van der Waals surface area contributed by atoms with E-state index in [0.29, 0.717) is 0 Å². The van der Waals surface area contributed by atoms with Crippen LogP contribution in [0.25, 0.3) is 0 Å². The lowest BCUT2D eigenvalue weighted by atomic mass is 10.9. The third-order valence-electron chi connectivity index (χ3n) is 2.43. The van der Waals surface area contributed by atoms with E-state index in [1.165, 1.54) is 12.1 Å². The Morgan fingerprint density at radius 3 is 1.12 bits per heavy atom. The van der Waals surface area contributed by atoms with E-state index in [1.807, 2.05) is 0 Å². The smallest absolute Gasteiger partial charge is 0.135 e. The molecule has 0 heterocycles. The molecule has 0 amide bonds. The number of hydrazine groups is 2. The summed E-state index contributed by atoms with van der Waals surface area (Å²) in [6.07, 6.45) is 0. The van der Waals surface area contributed by atoms with Crippen LogP contribution in [0.4, 0.5) is 0 Å². The normalized spacial score (nSPS) is 13.9. The fourth-order valence-corrected chi connectivity index (χ4v) is 9.59. The summed E-state index contributed by atoms with van der Waals surface area (Å²) >= 11 is 0. The van der Waals surface area contributed by atoms with Crippen molar-refractivity contribution in [3.63, 3.8) is 0 Å². The molecule has 0 radical (unpaired) electrons. The van der Waals surface area contributed by atoms with Gasteiger partial charge in [0.2, 0.25) is 0 Å². The third kappa shape index (κ3) is 8.43. The zero-order chi connectivity index (χ0) is 13.0. The second-order valence-electron chi connectivity index (χ2n) is 6.28. The van der Waals surface area contributed by atoms with E-state index in [-0.39, 0.29) is 0 Å². The van der Waals surface area contributed by atoms with Crippen LogP contribution >= 0.6 is 0 Å². The summed E-state index contributed by atoms with van der Waals surface area (Å²) in [5, 5.41) is 11.4. The molecule has 6 heteroatoms. The molecule has 0 unspecified atom stereocenters. The van der Waals surface area contributed by atoms with Gasteiger partial charge in [0.15, 0.2) is 0 Å². The molecule has 2 N–H and O–H groups in total. The molecule has 0 saturated heterocycles. The Balaban J connectivity index is 4.11. The maximum absolute atomic E-state index is 3.60. The van der Waals surface area contributed by atoms with Gasteiger partial charge in [-0.15, -0.1) is 0 Å². The number of hydrogen-bond acceptors (Lipinski definition) is 4. The average Bonchev–Trinajstić information content (AvgIpc) is 1.96. The van der Waals surface area contributed by atoms with Crippen LogP contribution in [0.1, 0.15) is 0 Å². The third-order valence-corrected chi connectivity index (χ3v) is 8.03. The molecule has 0 saturated carbocycles. The van der Waals surface area contributed by atoms with Crippen molar-refractivity contribution in [1.29, 1.82) is 0 Å². The second kappa shape index (κ2) is 6.27. The lowest BCUT2D eigenvalue weighted by molar-refractivity contribution is 0.359. The Morgan fingerprint density at radius 1 is 0.688 bits per heavy atom. The molecule has 0 aromatic heterocycles. The van der Waals surface area contributed by atoms with Crippen LogP contribution in [0.5, 0.6) is 0 Å². The summed E-state index contributed by atoms with van der Waals surface area (Å²) in [6, 6.07) is 2.65. The Hall–Kier alpha value is 0.274. The first-order valence-electron chi connectivity index (χ1n) is 5.94. The van der Waals surface area contributed by atoms with Gasteiger partial charge in [-0.25, -0.2) is 0 Å². The Kier molecular flexibility index (Phi) is 6.38. The molecule has 0 aromatic carbocycles. The first-order valence-corrected chi connectivity index (χ1v) is 12.4. The van der Waals surface area contributed by atoms with E-state index in [9.17, 15) is 0 Å². The molecule has 0 aliphatic carbocycles. The predicted octanol–water partition coefficient (Wildman–Crippen LogP) is 1.53. The fourth-order valence-electron chi connectivity index (χ4n) is 1.95. The van der Waals surface area contributed by atoms with Gasteiger partial charge in [0.1, 0.15) is 16.5 Å². The molecule has 0 aromatic rings. The lowest BCUT2D eigenvalue weighted by Crippen LogP contribution is -2.55. The maximum Gasteiger partial charge on any atom is 0.135 e. The highest BCUT2D eigenvalue weighted by atomic mass is 28.3. The van der Waals surface area contributed by atoms with E-state index in [2.05, 4.69) is 74.6 Å². The molecule has 0 bridgehead atoms. The monoisotopic (exact) mass is 262 g/mol. The molecule has 4 nitrogen and oxygen atoms in total. The molecular weight excluding hydrogens is 232 g/mol. The summed E-state index contributed by atoms with van der Waals surface area (Å²) in [7, 11) is 5.76. The van der Waals surface area contributed by atoms with Crippen molar-refractivity contribution in [1.82, 2.24) is 20.2 Å². The number of rotatable bonds is 7. The van der Waals surface area contributed by atoms with Crippen LogP contribution in [0.15, 0.2) is 0 Å². The lowest BCUT2D eigenvalue weighted by Gasteiger charge is -2.33. The van der Waals surface area contributed by atoms with Gasteiger partial charge in [-0.3, -0.25) is 20.2 Å². The first-order chi connectivity index (χ1) is 7.04. The van der Waals surface area contributed by atoms with E-state index >= 15 is 0 Å². The van der Waals surface area contributed by atoms with Crippen molar-refractivity contribution in [3.8, 4) is 0 Å². The number of nitrogens with one attached hydrogen (secondary N) is 2. The van der Waals surface area contributed by atoms with Crippen molar-refractivity contribution in [2.45, 2.75) is 38.3 Å². The molecule has 0 aliphatic rings. The SMILES string of the molecule is CN(C)N[Si](C)(C)CC[Si](C)(C)NN(C)C. The zero-order valence-corrected chi connectivity index (χ0v) is 14.3. The molecule has 16 heavy (non-hydrogen) atoms. The van der Waals surface area contributed by atoms with Crippen molar-refractivity contribution in [2.75, 3.05) is 28.2 Å². The van der Waals surface area contributed by atoms with Crippen LogP contribution in [-0.2, 0) is 0 Å². The van der Waals surface area contributed by atoms with Gasteiger partial charge in [-0.05, 0) is 12.1 Å². The van der Waals surface area contributed by atoms with Gasteiger partial charge in [0.25, 0.3) is 0 Å². The van der Waals surface area contributed by atoms with E-state index in [0.717, 1.165) is 0 Å². The largest absolute Gasteiger partial charge is 0.277 e. The molecule has 0 fully saturated rings. The molecule has 0 spiro atoms. The number of hydrogen-bond donors (Lipinski definition) is 2. The highest BCUT2D eigenvalue weighted by Gasteiger charge is 2.28. The summed E-state index contributed by atoms with van der Waals surface area (Å²) in [5.74, 6) is 0. The molecular formula is C10H30N4Si2. The predicted molar refractivity (Wildman–Crippen MR) is 78.2 cm³/mol. The Labute approximate surface area is 104 Å². The molecule has 0 rings (SSSR count). The minimum Gasteiger partial charge on any atom is -0.277 e. The minimum atomic E-state index is -1.28. The van der Waals surface area contributed by atoms with Crippen molar-refractivity contribution in [3.05, 3.63) is 0 Å². The summed E-state index contributed by atoms with van der Waals surface area (Å²) in [5.41, 5.74) is 0. The van der Waals surface area contributed by atoms with Gasteiger partial charge in [-0.1, -0.05) is 26.2 Å². The topological polar surface area (TPSA) is 30.5 Å². The highest BCUT2D eigenvalue weighted by molar-refractivity contribution is 6.80. The Morgan fingerprint density at radius 2 is 0.938 bits per heavy atom. The quantitative estimate of drug-likeness (QED) is 0.538. The van der Waals surface area contributed by atoms with E-state index < -0.39 is 16.5 Å². The standard InChI is InChI=1S/C10H30N4Si2/c1-13(2)11-15(5,6)9-10-16(7,8)12-14(3)4/h11-12H,9-10H2,1-8H3. The zero-order valence-electron chi connectivity index (χ0n) is 12.3. The van der Waals surface area contributed by atoms with Crippen LogP contribution in [0.3, 0.4) is 0 Å². The maximum atomic E-state index is 3.60. The van der Waals surface area contributed by atoms with Crippen LogP contribution in [0, 0.1) is 0 Å². The van der Waals surface area contributed by atoms with Crippen LogP contribution in [-0.4, -0.2) is 54.7 Å². The van der Waals surface area contributed by atoms with Crippen molar-refractivity contribution in [2.24, 2.45) is 0 Å².